The zero-order valence-electron chi connectivity index (χ0n) is 11.0. The Morgan fingerprint density at radius 3 is 2.58 bits per heavy atom. The lowest BCUT2D eigenvalue weighted by Crippen LogP contribution is -2.36. The van der Waals surface area contributed by atoms with Crippen LogP contribution in [0, 0.1) is 5.92 Å². The van der Waals surface area contributed by atoms with E-state index < -0.39 is 10.0 Å². The summed E-state index contributed by atoms with van der Waals surface area (Å²) in [6.45, 7) is 2.61. The van der Waals surface area contributed by atoms with Gasteiger partial charge in [0.1, 0.15) is 0 Å². The number of nitrogens with zero attached hydrogens (tertiary/aromatic N) is 1. The van der Waals surface area contributed by atoms with Crippen molar-refractivity contribution in [1.29, 1.82) is 0 Å². The normalized spacial score (nSPS) is 18.6. The van der Waals surface area contributed by atoms with E-state index in [4.69, 9.17) is 0 Å². The van der Waals surface area contributed by atoms with Crippen molar-refractivity contribution in [2.45, 2.75) is 17.7 Å². The van der Waals surface area contributed by atoms with Gasteiger partial charge in [-0.3, -0.25) is 0 Å². The molecular weight excluding hydrogens is 328 g/mol. The Balaban J connectivity index is 1.97. The fraction of sp³-hybridized carbons (Fsp3) is 0.538. The third-order valence-electron chi connectivity index (χ3n) is 3.53. The molecule has 0 amide bonds. The fourth-order valence-electron chi connectivity index (χ4n) is 2.23. The molecule has 0 aliphatic carbocycles. The minimum absolute atomic E-state index is 0.308. The summed E-state index contributed by atoms with van der Waals surface area (Å²) in [6, 6.07) is 6.89. The molecule has 6 heteroatoms. The van der Waals surface area contributed by atoms with Gasteiger partial charge in [0.25, 0.3) is 0 Å². The van der Waals surface area contributed by atoms with E-state index in [1.165, 1.54) is 0 Å². The second-order valence-corrected chi connectivity index (χ2v) is 7.62. The predicted octanol–water partition coefficient (Wildman–Crippen LogP) is 2.07. The number of hydrogen-bond donors (Lipinski definition) is 1. The summed E-state index contributed by atoms with van der Waals surface area (Å²) in [5.74, 6) is 0.438. The number of hydrogen-bond acceptors (Lipinski definition) is 3. The molecule has 0 radical (unpaired) electrons. The Morgan fingerprint density at radius 2 is 1.95 bits per heavy atom. The van der Waals surface area contributed by atoms with Crippen LogP contribution in [0.3, 0.4) is 0 Å². The average molecular weight is 347 g/mol. The predicted molar refractivity (Wildman–Crippen MR) is 79.6 cm³/mol. The molecule has 1 N–H and O–H groups in total. The molecule has 0 spiro atoms. The van der Waals surface area contributed by atoms with E-state index in [0.717, 1.165) is 25.9 Å². The van der Waals surface area contributed by atoms with Crippen molar-refractivity contribution in [2.24, 2.45) is 5.92 Å². The molecular formula is C13H19BrN2O2S. The summed E-state index contributed by atoms with van der Waals surface area (Å²) in [5, 5.41) is 0. The molecule has 19 heavy (non-hydrogen) atoms. The SMILES string of the molecule is CN1CCC(CNS(=O)(=O)c2ccccc2Br)CC1. The maximum Gasteiger partial charge on any atom is 0.241 e. The third-order valence-corrected chi connectivity index (χ3v) is 5.96. The molecule has 106 valence electrons. The van der Waals surface area contributed by atoms with Crippen LogP contribution in [0.5, 0.6) is 0 Å². The quantitative estimate of drug-likeness (QED) is 0.907. The van der Waals surface area contributed by atoms with Crippen molar-refractivity contribution >= 4 is 26.0 Å². The van der Waals surface area contributed by atoms with Gasteiger partial charge in [-0.05, 0) is 67.0 Å². The van der Waals surface area contributed by atoms with Gasteiger partial charge in [0.15, 0.2) is 0 Å². The number of nitrogens with one attached hydrogen (secondary N) is 1. The molecule has 1 fully saturated rings. The van der Waals surface area contributed by atoms with Gasteiger partial charge in [-0.1, -0.05) is 12.1 Å². The summed E-state index contributed by atoms with van der Waals surface area (Å²) in [6.07, 6.45) is 2.10. The number of sulfonamides is 1. The molecule has 0 aromatic heterocycles. The second-order valence-electron chi connectivity index (χ2n) is 5.03. The molecule has 1 aromatic carbocycles. The summed E-state index contributed by atoms with van der Waals surface area (Å²) >= 11 is 3.28. The van der Waals surface area contributed by atoms with E-state index in [9.17, 15) is 8.42 Å². The van der Waals surface area contributed by atoms with Crippen molar-refractivity contribution in [3.05, 3.63) is 28.7 Å². The minimum Gasteiger partial charge on any atom is -0.306 e. The van der Waals surface area contributed by atoms with Crippen LogP contribution in [0.15, 0.2) is 33.6 Å². The van der Waals surface area contributed by atoms with Crippen LogP contribution in [0.4, 0.5) is 0 Å². The van der Waals surface area contributed by atoms with E-state index in [-0.39, 0.29) is 0 Å². The van der Waals surface area contributed by atoms with Crippen molar-refractivity contribution in [3.8, 4) is 0 Å². The highest BCUT2D eigenvalue weighted by Gasteiger charge is 2.21. The van der Waals surface area contributed by atoms with Gasteiger partial charge in [-0.15, -0.1) is 0 Å². The molecule has 1 aliphatic rings. The van der Waals surface area contributed by atoms with Crippen LogP contribution in [-0.2, 0) is 10.0 Å². The summed E-state index contributed by atoms with van der Waals surface area (Å²) in [4.78, 5) is 2.58. The zero-order valence-corrected chi connectivity index (χ0v) is 13.4. The number of halogens is 1. The highest BCUT2D eigenvalue weighted by Crippen LogP contribution is 2.22. The molecule has 4 nitrogen and oxygen atoms in total. The van der Waals surface area contributed by atoms with Gasteiger partial charge >= 0.3 is 0 Å². The van der Waals surface area contributed by atoms with Gasteiger partial charge in [0.05, 0.1) is 4.90 Å². The molecule has 0 unspecified atom stereocenters. The average Bonchev–Trinajstić information content (AvgIpc) is 2.38. The van der Waals surface area contributed by atoms with Gasteiger partial charge in [0.2, 0.25) is 10.0 Å². The van der Waals surface area contributed by atoms with E-state index >= 15 is 0 Å². The zero-order chi connectivity index (χ0) is 13.9. The third kappa shape index (κ3) is 4.02. The van der Waals surface area contributed by atoms with Gasteiger partial charge < -0.3 is 4.90 Å². The van der Waals surface area contributed by atoms with E-state index in [2.05, 4.69) is 32.6 Å². The molecule has 0 saturated carbocycles. The Kier molecular flexibility index (Phi) is 5.00. The van der Waals surface area contributed by atoms with Crippen molar-refractivity contribution < 1.29 is 8.42 Å². The number of benzene rings is 1. The lowest BCUT2D eigenvalue weighted by Gasteiger charge is -2.28. The molecule has 1 aliphatic heterocycles. The van der Waals surface area contributed by atoms with Crippen molar-refractivity contribution in [3.63, 3.8) is 0 Å². The van der Waals surface area contributed by atoms with Gasteiger partial charge in [0, 0.05) is 11.0 Å². The molecule has 2 rings (SSSR count). The molecule has 1 heterocycles. The first-order chi connectivity index (χ1) is 8.99. The van der Waals surface area contributed by atoms with Crippen LogP contribution in [0.2, 0.25) is 0 Å². The van der Waals surface area contributed by atoms with Crippen molar-refractivity contribution in [2.75, 3.05) is 26.7 Å². The first-order valence-electron chi connectivity index (χ1n) is 6.42. The number of rotatable bonds is 4. The smallest absolute Gasteiger partial charge is 0.241 e. The second kappa shape index (κ2) is 6.35. The molecule has 0 bridgehead atoms. The summed E-state index contributed by atoms with van der Waals surface area (Å²) in [5.41, 5.74) is 0. The monoisotopic (exact) mass is 346 g/mol. The minimum atomic E-state index is -3.41. The van der Waals surface area contributed by atoms with Crippen LogP contribution in [-0.4, -0.2) is 40.0 Å². The highest BCUT2D eigenvalue weighted by molar-refractivity contribution is 9.10. The van der Waals surface area contributed by atoms with Crippen LogP contribution >= 0.6 is 15.9 Å². The van der Waals surface area contributed by atoms with Crippen LogP contribution in [0.1, 0.15) is 12.8 Å². The summed E-state index contributed by atoms with van der Waals surface area (Å²) in [7, 11) is -1.32. The van der Waals surface area contributed by atoms with Crippen molar-refractivity contribution in [1.82, 2.24) is 9.62 Å². The lowest BCUT2D eigenvalue weighted by molar-refractivity contribution is 0.220. The molecule has 1 aromatic rings. The maximum absolute atomic E-state index is 12.2. The Morgan fingerprint density at radius 1 is 1.32 bits per heavy atom. The van der Waals surface area contributed by atoms with Crippen LogP contribution < -0.4 is 4.72 Å². The van der Waals surface area contributed by atoms with E-state index in [1.54, 1.807) is 24.3 Å². The lowest BCUT2D eigenvalue weighted by atomic mass is 9.98. The first-order valence-corrected chi connectivity index (χ1v) is 8.69. The summed E-state index contributed by atoms with van der Waals surface area (Å²) < 4.78 is 27.7. The Hall–Kier alpha value is -0.430. The number of likely N-dealkylation sites (tertiary alicyclic amines) is 1. The number of piperidine rings is 1. The van der Waals surface area contributed by atoms with E-state index in [0.29, 0.717) is 21.8 Å². The van der Waals surface area contributed by atoms with Crippen LogP contribution in [0.25, 0.3) is 0 Å². The molecule has 1 saturated heterocycles. The molecule has 0 atom stereocenters. The van der Waals surface area contributed by atoms with E-state index in [1.807, 2.05) is 0 Å². The standard InChI is InChI=1S/C13H19BrN2O2S/c1-16-8-6-11(7-9-16)10-15-19(17,18)13-5-3-2-4-12(13)14/h2-5,11,15H,6-10H2,1H3. The Bertz CT molecular complexity index is 525. The first kappa shape index (κ1) is 15.0. The van der Waals surface area contributed by atoms with Gasteiger partial charge in [-0.25, -0.2) is 13.1 Å². The highest BCUT2D eigenvalue weighted by atomic mass is 79.9. The fourth-order valence-corrected chi connectivity index (χ4v) is 4.35. The Labute approximate surface area is 123 Å². The topological polar surface area (TPSA) is 49.4 Å². The maximum atomic E-state index is 12.2. The van der Waals surface area contributed by atoms with Gasteiger partial charge in [-0.2, -0.15) is 0 Å². The largest absolute Gasteiger partial charge is 0.306 e.